The maximum atomic E-state index is 12.0. The van der Waals surface area contributed by atoms with Crippen LogP contribution in [0.2, 0.25) is 0 Å². The molecule has 20 heavy (non-hydrogen) atoms. The second-order valence-corrected chi connectivity index (χ2v) is 4.18. The van der Waals surface area contributed by atoms with Crippen molar-refractivity contribution in [2.75, 3.05) is 5.32 Å². The number of para-hydroxylation sites is 1. The van der Waals surface area contributed by atoms with E-state index in [9.17, 15) is 14.4 Å². The molecule has 0 saturated carbocycles. The van der Waals surface area contributed by atoms with Crippen LogP contribution in [0.4, 0.5) is 5.69 Å². The molecule has 0 radical (unpaired) electrons. The van der Waals surface area contributed by atoms with Gasteiger partial charge in [-0.25, -0.2) is 0 Å². The molecule has 0 aliphatic heterocycles. The molecule has 0 saturated heterocycles. The van der Waals surface area contributed by atoms with Gasteiger partial charge in [-0.3, -0.25) is 14.4 Å². The average molecular weight is 271 g/mol. The maximum Gasteiger partial charge on any atom is 0.272 e. The van der Waals surface area contributed by atoms with E-state index in [-0.39, 0.29) is 17.7 Å². The Balaban J connectivity index is 2.24. The first-order chi connectivity index (χ1) is 9.56. The minimum Gasteiger partial charge on any atom is -0.369 e. The van der Waals surface area contributed by atoms with E-state index in [1.54, 1.807) is 24.3 Å². The number of nitrogens with one attached hydrogen (secondary N) is 2. The number of rotatable bonds is 4. The number of hydrogen-bond acceptors (Lipinski definition) is 3. The number of aromatic amines is 1. The summed E-state index contributed by atoms with van der Waals surface area (Å²) in [6, 6.07) is 11.1. The predicted molar refractivity (Wildman–Crippen MR) is 74.4 cm³/mol. The van der Waals surface area contributed by atoms with Crippen molar-refractivity contribution in [2.45, 2.75) is 6.42 Å². The van der Waals surface area contributed by atoms with Gasteiger partial charge < -0.3 is 16.0 Å². The zero-order valence-corrected chi connectivity index (χ0v) is 10.6. The number of nitrogens with two attached hydrogens (primary N) is 1. The number of carbonyl (C=O) groups is 2. The maximum absolute atomic E-state index is 12.0. The van der Waals surface area contributed by atoms with Crippen LogP contribution in [0.5, 0.6) is 0 Å². The number of amides is 2. The van der Waals surface area contributed by atoms with Crippen LogP contribution in [0.3, 0.4) is 0 Å². The highest BCUT2D eigenvalue weighted by atomic mass is 16.2. The molecule has 0 spiro atoms. The third-order valence-electron chi connectivity index (χ3n) is 2.64. The number of hydrogen-bond donors (Lipinski definition) is 3. The lowest BCUT2D eigenvalue weighted by molar-refractivity contribution is -0.117. The summed E-state index contributed by atoms with van der Waals surface area (Å²) in [5, 5.41) is 2.64. The Hall–Kier alpha value is -2.89. The summed E-state index contributed by atoms with van der Waals surface area (Å²) in [5.74, 6) is -0.945. The van der Waals surface area contributed by atoms with Gasteiger partial charge in [-0.1, -0.05) is 24.3 Å². The molecule has 4 N–H and O–H groups in total. The molecule has 0 aliphatic rings. The van der Waals surface area contributed by atoms with Gasteiger partial charge in [0, 0.05) is 11.8 Å². The number of H-pyrrole nitrogens is 1. The molecule has 1 aromatic heterocycles. The van der Waals surface area contributed by atoms with Crippen molar-refractivity contribution in [1.82, 2.24) is 4.98 Å². The van der Waals surface area contributed by atoms with Gasteiger partial charge in [-0.15, -0.1) is 0 Å². The number of pyridine rings is 1. The van der Waals surface area contributed by atoms with Gasteiger partial charge in [0.25, 0.3) is 5.91 Å². The van der Waals surface area contributed by atoms with Crippen LogP contribution in [0.1, 0.15) is 16.1 Å². The van der Waals surface area contributed by atoms with Crippen LogP contribution in [-0.4, -0.2) is 16.8 Å². The van der Waals surface area contributed by atoms with Gasteiger partial charge >= 0.3 is 0 Å². The fourth-order valence-corrected chi connectivity index (χ4v) is 1.75. The molecule has 0 atom stereocenters. The molecule has 0 aliphatic carbocycles. The summed E-state index contributed by atoms with van der Waals surface area (Å²) in [7, 11) is 0. The Bertz CT molecular complexity index is 707. The molecule has 1 heterocycles. The Morgan fingerprint density at radius 1 is 1.10 bits per heavy atom. The predicted octanol–water partition coefficient (Wildman–Crippen LogP) is 0.655. The molecule has 6 heteroatoms. The second-order valence-electron chi connectivity index (χ2n) is 4.18. The van der Waals surface area contributed by atoms with E-state index in [0.29, 0.717) is 11.3 Å². The fraction of sp³-hybridized carbons (Fsp3) is 0.0714. The lowest BCUT2D eigenvalue weighted by atomic mass is 10.1. The topological polar surface area (TPSA) is 105 Å². The highest BCUT2D eigenvalue weighted by Gasteiger charge is 2.10. The number of primary amides is 1. The van der Waals surface area contributed by atoms with Crippen LogP contribution in [0.25, 0.3) is 0 Å². The minimum atomic E-state index is -0.486. The van der Waals surface area contributed by atoms with Crippen LogP contribution >= 0.6 is 0 Å². The largest absolute Gasteiger partial charge is 0.369 e. The summed E-state index contributed by atoms with van der Waals surface area (Å²) in [5.41, 5.74) is 6.05. The zero-order valence-electron chi connectivity index (χ0n) is 10.6. The van der Waals surface area contributed by atoms with Crippen molar-refractivity contribution in [3.8, 4) is 0 Å². The normalized spacial score (nSPS) is 10.0. The van der Waals surface area contributed by atoms with E-state index in [4.69, 9.17) is 5.73 Å². The monoisotopic (exact) mass is 271 g/mol. The summed E-state index contributed by atoms with van der Waals surface area (Å²) in [6.07, 6.45) is 0.0295. The minimum absolute atomic E-state index is 0.0295. The van der Waals surface area contributed by atoms with Gasteiger partial charge in [-0.05, 0) is 17.7 Å². The lowest BCUT2D eigenvalue weighted by Crippen LogP contribution is -2.20. The molecule has 2 rings (SSSR count). The number of anilines is 1. The Labute approximate surface area is 114 Å². The summed E-state index contributed by atoms with van der Waals surface area (Å²) in [6.45, 7) is 0. The van der Waals surface area contributed by atoms with E-state index in [0.717, 1.165) is 0 Å². The van der Waals surface area contributed by atoms with Crippen molar-refractivity contribution in [3.63, 3.8) is 0 Å². The molecule has 6 nitrogen and oxygen atoms in total. The number of aromatic nitrogens is 1. The third-order valence-corrected chi connectivity index (χ3v) is 2.64. The van der Waals surface area contributed by atoms with E-state index >= 15 is 0 Å². The van der Waals surface area contributed by atoms with Gasteiger partial charge in [0.05, 0.1) is 6.42 Å². The molecule has 1 aromatic carbocycles. The smallest absolute Gasteiger partial charge is 0.272 e. The fourth-order valence-electron chi connectivity index (χ4n) is 1.75. The average Bonchev–Trinajstić information content (AvgIpc) is 2.40. The van der Waals surface area contributed by atoms with Crippen molar-refractivity contribution in [1.29, 1.82) is 0 Å². The summed E-state index contributed by atoms with van der Waals surface area (Å²) >= 11 is 0. The zero-order chi connectivity index (χ0) is 14.5. The Morgan fingerprint density at radius 2 is 1.85 bits per heavy atom. The van der Waals surface area contributed by atoms with Gasteiger partial charge in [0.2, 0.25) is 11.5 Å². The standard InChI is InChI=1S/C14H13N3O3/c15-12(18)8-9-4-1-2-5-10(9)17-14(20)11-6-3-7-13(19)16-11/h1-7H,8H2,(H2,15,18)(H,16,19)(H,17,20). The molecule has 0 unspecified atom stereocenters. The molecule has 0 fully saturated rings. The van der Waals surface area contributed by atoms with Crippen molar-refractivity contribution in [2.24, 2.45) is 5.73 Å². The molecule has 2 amide bonds. The number of carbonyl (C=O) groups excluding carboxylic acids is 2. The van der Waals surface area contributed by atoms with E-state index in [1.807, 2.05) is 0 Å². The lowest BCUT2D eigenvalue weighted by Gasteiger charge is -2.09. The third kappa shape index (κ3) is 3.32. The second kappa shape index (κ2) is 5.83. The van der Waals surface area contributed by atoms with Crippen LogP contribution in [0.15, 0.2) is 47.3 Å². The first-order valence-electron chi connectivity index (χ1n) is 5.93. The summed E-state index contributed by atoms with van der Waals surface area (Å²) in [4.78, 5) is 36.6. The van der Waals surface area contributed by atoms with Crippen molar-refractivity contribution < 1.29 is 9.59 Å². The molecule has 102 valence electrons. The Kier molecular flexibility index (Phi) is 3.95. The van der Waals surface area contributed by atoms with E-state index < -0.39 is 11.8 Å². The highest BCUT2D eigenvalue weighted by molar-refractivity contribution is 6.03. The summed E-state index contributed by atoms with van der Waals surface area (Å²) < 4.78 is 0. The number of benzene rings is 1. The molecule has 2 aromatic rings. The van der Waals surface area contributed by atoms with Gasteiger partial charge in [0.1, 0.15) is 5.69 Å². The van der Waals surface area contributed by atoms with E-state index in [2.05, 4.69) is 10.3 Å². The molecular weight excluding hydrogens is 258 g/mol. The molecule has 0 bridgehead atoms. The van der Waals surface area contributed by atoms with Crippen LogP contribution < -0.4 is 16.6 Å². The van der Waals surface area contributed by atoms with Crippen LogP contribution in [-0.2, 0) is 11.2 Å². The molecular formula is C14H13N3O3. The van der Waals surface area contributed by atoms with Crippen molar-refractivity contribution in [3.05, 3.63) is 64.1 Å². The Morgan fingerprint density at radius 3 is 2.55 bits per heavy atom. The highest BCUT2D eigenvalue weighted by Crippen LogP contribution is 2.16. The first kappa shape index (κ1) is 13.5. The van der Waals surface area contributed by atoms with Crippen molar-refractivity contribution >= 4 is 17.5 Å². The van der Waals surface area contributed by atoms with Gasteiger partial charge in [-0.2, -0.15) is 0 Å². The quantitative estimate of drug-likeness (QED) is 0.760. The van der Waals surface area contributed by atoms with Gasteiger partial charge in [0.15, 0.2) is 0 Å². The first-order valence-corrected chi connectivity index (χ1v) is 5.93. The van der Waals surface area contributed by atoms with Crippen LogP contribution in [0, 0.1) is 0 Å². The SMILES string of the molecule is NC(=O)Cc1ccccc1NC(=O)c1cccc(=O)[nH]1. The van der Waals surface area contributed by atoms with E-state index in [1.165, 1.54) is 18.2 Å².